The van der Waals surface area contributed by atoms with Crippen molar-refractivity contribution in [1.82, 2.24) is 4.57 Å². The zero-order valence-corrected chi connectivity index (χ0v) is 17.0. The molecule has 0 amide bonds. The topological polar surface area (TPSA) is 49.7 Å². The summed E-state index contributed by atoms with van der Waals surface area (Å²) in [4.78, 5) is 12.8. The van der Waals surface area contributed by atoms with Gasteiger partial charge in [0.1, 0.15) is 23.9 Å². The molecule has 3 aromatic rings. The molecule has 0 aliphatic carbocycles. The summed E-state index contributed by atoms with van der Waals surface area (Å²) >= 11 is 0. The number of ketones is 1. The van der Waals surface area contributed by atoms with Crippen LogP contribution < -0.4 is 14.2 Å². The maximum atomic E-state index is 12.8. The minimum absolute atomic E-state index is 0.129. The summed E-state index contributed by atoms with van der Waals surface area (Å²) in [6.07, 6.45) is 5.76. The van der Waals surface area contributed by atoms with E-state index in [9.17, 15) is 4.79 Å². The molecule has 0 unspecified atom stereocenters. The van der Waals surface area contributed by atoms with E-state index in [-0.39, 0.29) is 5.78 Å². The largest absolute Gasteiger partial charge is 0.497 e. The molecule has 29 heavy (non-hydrogen) atoms. The van der Waals surface area contributed by atoms with Crippen molar-refractivity contribution in [3.05, 3.63) is 71.1 Å². The molecule has 0 N–H and O–H groups in total. The first-order chi connectivity index (χ1) is 14.0. The number of benzene rings is 2. The van der Waals surface area contributed by atoms with Crippen LogP contribution in [0.4, 0.5) is 0 Å². The molecule has 1 aromatic heterocycles. The molecule has 148 valence electrons. The number of hydrogen-bond donors (Lipinski definition) is 0. The Hall–Kier alpha value is -3.47. The molecule has 1 aliphatic rings. The third-order valence-corrected chi connectivity index (χ3v) is 4.90. The fourth-order valence-electron chi connectivity index (χ4n) is 3.35. The van der Waals surface area contributed by atoms with E-state index >= 15 is 0 Å². The van der Waals surface area contributed by atoms with Gasteiger partial charge in [-0.1, -0.05) is 5.57 Å². The monoisotopic (exact) mass is 389 g/mol. The van der Waals surface area contributed by atoms with Crippen molar-refractivity contribution in [3.63, 3.8) is 0 Å². The molecular formula is C24H23NO4. The van der Waals surface area contributed by atoms with Crippen molar-refractivity contribution in [2.75, 3.05) is 13.7 Å². The number of carbonyl (C=O) groups is 1. The fourth-order valence-corrected chi connectivity index (χ4v) is 3.35. The Morgan fingerprint density at radius 2 is 1.93 bits per heavy atom. The first kappa shape index (κ1) is 18.9. The highest BCUT2D eigenvalue weighted by Crippen LogP contribution is 2.36. The van der Waals surface area contributed by atoms with E-state index in [0.29, 0.717) is 29.4 Å². The molecule has 0 bridgehead atoms. The Kier molecular flexibility index (Phi) is 4.89. The Morgan fingerprint density at radius 1 is 1.14 bits per heavy atom. The van der Waals surface area contributed by atoms with Gasteiger partial charge in [-0.2, -0.15) is 0 Å². The van der Waals surface area contributed by atoms with E-state index in [1.54, 1.807) is 31.4 Å². The van der Waals surface area contributed by atoms with Gasteiger partial charge in [0.2, 0.25) is 5.78 Å². The van der Waals surface area contributed by atoms with Crippen LogP contribution in [0.1, 0.15) is 29.8 Å². The van der Waals surface area contributed by atoms with Crippen molar-refractivity contribution in [3.8, 4) is 17.2 Å². The maximum absolute atomic E-state index is 12.8. The SMILES string of the molecule is COc1ccc2c(c1)c(/C=C1/Oc3cc(OCC=C(C)C)ccc3C1=O)cn2C. The lowest BCUT2D eigenvalue weighted by atomic mass is 10.1. The molecule has 5 nitrogen and oxygen atoms in total. The lowest BCUT2D eigenvalue weighted by Crippen LogP contribution is -1.97. The molecular weight excluding hydrogens is 366 g/mol. The van der Waals surface area contributed by atoms with Crippen LogP contribution in [0.3, 0.4) is 0 Å². The smallest absolute Gasteiger partial charge is 0.231 e. The molecule has 4 rings (SSSR count). The van der Waals surface area contributed by atoms with Gasteiger partial charge in [-0.15, -0.1) is 0 Å². The molecule has 1 aliphatic heterocycles. The van der Waals surface area contributed by atoms with E-state index < -0.39 is 0 Å². The number of aromatic nitrogens is 1. The number of carbonyl (C=O) groups excluding carboxylic acids is 1. The third-order valence-electron chi connectivity index (χ3n) is 4.90. The van der Waals surface area contributed by atoms with Crippen LogP contribution in [0.2, 0.25) is 0 Å². The van der Waals surface area contributed by atoms with Crippen LogP contribution >= 0.6 is 0 Å². The number of ether oxygens (including phenoxy) is 3. The predicted molar refractivity (Wildman–Crippen MR) is 114 cm³/mol. The van der Waals surface area contributed by atoms with Gasteiger partial charge in [0.25, 0.3) is 0 Å². The van der Waals surface area contributed by atoms with Gasteiger partial charge in [-0.3, -0.25) is 4.79 Å². The molecule has 0 atom stereocenters. The average Bonchev–Trinajstić information content (AvgIpc) is 3.18. The summed E-state index contributed by atoms with van der Waals surface area (Å²) < 4.78 is 19.0. The van der Waals surface area contributed by atoms with Crippen LogP contribution in [0.5, 0.6) is 17.2 Å². The predicted octanol–water partition coefficient (Wildman–Crippen LogP) is 5.15. The zero-order chi connectivity index (χ0) is 20.5. The molecule has 0 fully saturated rings. The van der Waals surface area contributed by atoms with Gasteiger partial charge in [-0.05, 0) is 56.3 Å². The van der Waals surface area contributed by atoms with E-state index in [1.165, 1.54) is 5.57 Å². The lowest BCUT2D eigenvalue weighted by molar-refractivity contribution is 0.101. The Balaban J connectivity index is 1.64. The maximum Gasteiger partial charge on any atom is 0.231 e. The van der Waals surface area contributed by atoms with Gasteiger partial charge in [0, 0.05) is 35.8 Å². The molecule has 5 heteroatoms. The first-order valence-corrected chi connectivity index (χ1v) is 9.44. The molecule has 0 saturated carbocycles. The number of hydrogen-bond acceptors (Lipinski definition) is 4. The summed E-state index contributed by atoms with van der Waals surface area (Å²) in [5.74, 6) is 2.13. The van der Waals surface area contributed by atoms with Crippen LogP contribution in [0.15, 0.2) is 60.0 Å². The van der Waals surface area contributed by atoms with Gasteiger partial charge < -0.3 is 18.8 Å². The summed E-state index contributed by atoms with van der Waals surface area (Å²) in [5, 5.41) is 0.998. The van der Waals surface area contributed by atoms with Gasteiger partial charge >= 0.3 is 0 Å². The number of aryl methyl sites for hydroxylation is 1. The number of methoxy groups -OCH3 is 1. The Bertz CT molecular complexity index is 1160. The normalized spacial score (nSPS) is 14.1. The highest BCUT2D eigenvalue weighted by atomic mass is 16.5. The van der Waals surface area contributed by atoms with Crippen LogP contribution in [-0.2, 0) is 7.05 Å². The number of fused-ring (bicyclic) bond motifs is 2. The fraction of sp³-hybridized carbons (Fsp3) is 0.208. The van der Waals surface area contributed by atoms with Crippen molar-refractivity contribution < 1.29 is 19.0 Å². The second-order valence-electron chi connectivity index (χ2n) is 7.27. The highest BCUT2D eigenvalue weighted by molar-refractivity contribution is 6.15. The molecule has 2 aromatic carbocycles. The average molecular weight is 389 g/mol. The van der Waals surface area contributed by atoms with Crippen LogP contribution in [-0.4, -0.2) is 24.1 Å². The summed E-state index contributed by atoms with van der Waals surface area (Å²) in [6.45, 7) is 4.52. The molecule has 2 heterocycles. The number of allylic oxidation sites excluding steroid dienone is 2. The number of nitrogens with zero attached hydrogens (tertiary/aromatic N) is 1. The van der Waals surface area contributed by atoms with Crippen LogP contribution in [0, 0.1) is 0 Å². The standard InChI is InChI=1S/C24H23NO4/c1-15(2)9-10-28-18-5-7-19-22(13-18)29-23(24(19)26)11-16-14-25(3)21-8-6-17(27-4)12-20(16)21/h5-9,11-14H,10H2,1-4H3/b23-11+. The zero-order valence-electron chi connectivity index (χ0n) is 17.0. The van der Waals surface area contributed by atoms with E-state index in [0.717, 1.165) is 22.2 Å². The Labute approximate surface area is 169 Å². The lowest BCUT2D eigenvalue weighted by Gasteiger charge is -2.05. The van der Waals surface area contributed by atoms with Crippen molar-refractivity contribution in [1.29, 1.82) is 0 Å². The van der Waals surface area contributed by atoms with E-state index in [4.69, 9.17) is 14.2 Å². The highest BCUT2D eigenvalue weighted by Gasteiger charge is 2.28. The molecule has 0 radical (unpaired) electrons. The minimum atomic E-state index is -0.129. The first-order valence-electron chi connectivity index (χ1n) is 9.44. The second kappa shape index (κ2) is 7.51. The Morgan fingerprint density at radius 3 is 2.69 bits per heavy atom. The van der Waals surface area contributed by atoms with Crippen molar-refractivity contribution in [2.45, 2.75) is 13.8 Å². The number of rotatable bonds is 5. The molecule has 0 spiro atoms. The molecule has 0 saturated heterocycles. The van der Waals surface area contributed by atoms with Gasteiger partial charge in [0.05, 0.1) is 12.7 Å². The minimum Gasteiger partial charge on any atom is -0.497 e. The number of Topliss-reactive ketones (excluding diaryl/α,β-unsaturated/α-hetero) is 1. The van der Waals surface area contributed by atoms with Crippen molar-refractivity contribution in [2.24, 2.45) is 7.05 Å². The van der Waals surface area contributed by atoms with Gasteiger partial charge in [-0.25, -0.2) is 0 Å². The third kappa shape index (κ3) is 3.63. The summed E-state index contributed by atoms with van der Waals surface area (Å²) in [6, 6.07) is 11.2. The summed E-state index contributed by atoms with van der Waals surface area (Å²) in [5.41, 5.74) is 3.69. The second-order valence-corrected chi connectivity index (χ2v) is 7.27. The quantitative estimate of drug-likeness (QED) is 0.447. The van der Waals surface area contributed by atoms with Crippen molar-refractivity contribution >= 4 is 22.8 Å². The van der Waals surface area contributed by atoms with E-state index in [2.05, 4.69) is 0 Å². The van der Waals surface area contributed by atoms with Gasteiger partial charge in [0.15, 0.2) is 5.76 Å². The van der Waals surface area contributed by atoms with Crippen LogP contribution in [0.25, 0.3) is 17.0 Å². The van der Waals surface area contributed by atoms with E-state index in [1.807, 2.05) is 55.9 Å². The summed E-state index contributed by atoms with van der Waals surface area (Å²) in [7, 11) is 3.61.